The number of nitro groups is 1. The Bertz CT molecular complexity index is 744. The van der Waals surface area contributed by atoms with Crippen molar-refractivity contribution in [2.45, 2.75) is 0 Å². The molecule has 1 heterocycles. The zero-order chi connectivity index (χ0) is 15.6. The van der Waals surface area contributed by atoms with E-state index in [9.17, 15) is 24.1 Å². The van der Waals surface area contributed by atoms with Gasteiger partial charge in [-0.3, -0.25) is 19.7 Å². The first-order chi connectivity index (χ1) is 9.90. The normalized spacial score (nSPS) is 10.1. The summed E-state index contributed by atoms with van der Waals surface area (Å²) in [5, 5.41) is 14.7. The molecule has 0 saturated heterocycles. The number of carbonyl (C=O) groups is 2. The van der Waals surface area contributed by atoms with Crippen molar-refractivity contribution in [3.63, 3.8) is 0 Å². The predicted octanol–water partition coefficient (Wildman–Crippen LogP) is 2.15. The van der Waals surface area contributed by atoms with Crippen molar-refractivity contribution in [2.24, 2.45) is 5.73 Å². The average molecular weight is 309 g/mol. The van der Waals surface area contributed by atoms with Crippen molar-refractivity contribution in [1.29, 1.82) is 0 Å². The van der Waals surface area contributed by atoms with Gasteiger partial charge in [-0.25, -0.2) is 0 Å². The smallest absolute Gasteiger partial charge is 0.304 e. The molecule has 7 nitrogen and oxygen atoms in total. The number of thiophene rings is 1. The van der Waals surface area contributed by atoms with E-state index in [1.807, 2.05) is 0 Å². The number of anilines is 1. The number of nitrogens with two attached hydrogens (primary N) is 1. The fourth-order valence-corrected chi connectivity index (χ4v) is 2.36. The van der Waals surface area contributed by atoms with Crippen LogP contribution in [0.5, 0.6) is 0 Å². The van der Waals surface area contributed by atoms with Gasteiger partial charge in [0.15, 0.2) is 0 Å². The first-order valence-electron chi connectivity index (χ1n) is 5.52. The van der Waals surface area contributed by atoms with Gasteiger partial charge in [0.25, 0.3) is 11.8 Å². The number of halogens is 1. The second kappa shape index (κ2) is 5.67. The van der Waals surface area contributed by atoms with Crippen LogP contribution in [0.15, 0.2) is 29.6 Å². The maximum absolute atomic E-state index is 13.5. The van der Waals surface area contributed by atoms with Crippen LogP contribution in [0.3, 0.4) is 0 Å². The molecule has 1 aromatic carbocycles. The summed E-state index contributed by atoms with van der Waals surface area (Å²) in [6.45, 7) is 0. The maximum Gasteiger partial charge on any atom is 0.304 e. The molecule has 2 rings (SSSR count). The van der Waals surface area contributed by atoms with Crippen LogP contribution in [-0.4, -0.2) is 16.7 Å². The summed E-state index contributed by atoms with van der Waals surface area (Å²) < 4.78 is 13.5. The summed E-state index contributed by atoms with van der Waals surface area (Å²) in [6, 6.07) is 4.21. The fourth-order valence-electron chi connectivity index (χ4n) is 1.57. The highest BCUT2D eigenvalue weighted by atomic mass is 32.1. The highest BCUT2D eigenvalue weighted by molar-refractivity contribution is 7.14. The predicted molar refractivity (Wildman–Crippen MR) is 73.8 cm³/mol. The molecule has 0 saturated carbocycles. The summed E-state index contributed by atoms with van der Waals surface area (Å²) in [4.78, 5) is 32.7. The number of hydrogen-bond donors (Lipinski definition) is 2. The minimum absolute atomic E-state index is 0.109. The van der Waals surface area contributed by atoms with Crippen molar-refractivity contribution in [1.82, 2.24) is 0 Å². The number of benzene rings is 1. The Labute approximate surface area is 121 Å². The molecular weight excluding hydrogens is 301 g/mol. The van der Waals surface area contributed by atoms with E-state index >= 15 is 0 Å². The molecule has 21 heavy (non-hydrogen) atoms. The van der Waals surface area contributed by atoms with Gasteiger partial charge in [-0.2, -0.15) is 4.39 Å². The summed E-state index contributed by atoms with van der Waals surface area (Å²) in [7, 11) is 0. The Morgan fingerprint density at radius 1 is 1.33 bits per heavy atom. The van der Waals surface area contributed by atoms with E-state index in [1.165, 1.54) is 6.07 Å². The number of primary amides is 1. The summed E-state index contributed by atoms with van der Waals surface area (Å²) in [5.41, 5.74) is 4.44. The molecule has 0 bridgehead atoms. The lowest BCUT2D eigenvalue weighted by molar-refractivity contribution is -0.387. The second-order valence-electron chi connectivity index (χ2n) is 3.91. The van der Waals surface area contributed by atoms with Gasteiger partial charge in [-0.15, -0.1) is 11.3 Å². The lowest BCUT2D eigenvalue weighted by atomic mass is 10.2. The van der Waals surface area contributed by atoms with Crippen molar-refractivity contribution < 1.29 is 18.9 Å². The van der Waals surface area contributed by atoms with Gasteiger partial charge in [0.1, 0.15) is 5.00 Å². The molecule has 3 N–H and O–H groups in total. The van der Waals surface area contributed by atoms with Crippen LogP contribution < -0.4 is 11.1 Å². The summed E-state index contributed by atoms with van der Waals surface area (Å²) in [5.74, 6) is -2.52. The Hall–Kier alpha value is -2.81. The molecule has 2 amide bonds. The molecule has 0 aliphatic carbocycles. The third-order valence-corrected chi connectivity index (χ3v) is 3.39. The average Bonchev–Trinajstić information content (AvgIpc) is 2.86. The highest BCUT2D eigenvalue weighted by Crippen LogP contribution is 2.24. The van der Waals surface area contributed by atoms with Gasteiger partial charge in [0.2, 0.25) is 5.82 Å². The quantitative estimate of drug-likeness (QED) is 0.665. The van der Waals surface area contributed by atoms with E-state index in [2.05, 4.69) is 5.32 Å². The van der Waals surface area contributed by atoms with Crippen molar-refractivity contribution in [3.05, 3.63) is 56.7 Å². The van der Waals surface area contributed by atoms with Crippen LogP contribution in [0.1, 0.15) is 20.7 Å². The fraction of sp³-hybridized carbons (Fsp3) is 0. The SMILES string of the molecule is NC(=O)c1ccsc1NC(=O)c1ccc([N+](=O)[O-])c(F)c1. The number of amides is 2. The zero-order valence-electron chi connectivity index (χ0n) is 10.3. The molecule has 0 atom stereocenters. The van der Waals surface area contributed by atoms with Gasteiger partial charge in [0, 0.05) is 11.6 Å². The molecule has 1 aromatic heterocycles. The Morgan fingerprint density at radius 3 is 2.62 bits per heavy atom. The molecule has 0 radical (unpaired) electrons. The van der Waals surface area contributed by atoms with Gasteiger partial charge in [0.05, 0.1) is 10.5 Å². The minimum atomic E-state index is -1.12. The van der Waals surface area contributed by atoms with Crippen molar-refractivity contribution >= 4 is 33.8 Å². The highest BCUT2D eigenvalue weighted by Gasteiger charge is 2.18. The summed E-state index contributed by atoms with van der Waals surface area (Å²) >= 11 is 1.08. The van der Waals surface area contributed by atoms with E-state index in [-0.39, 0.29) is 16.1 Å². The second-order valence-corrected chi connectivity index (χ2v) is 4.82. The molecule has 0 spiro atoms. The van der Waals surface area contributed by atoms with E-state index in [4.69, 9.17) is 5.73 Å². The summed E-state index contributed by atoms with van der Waals surface area (Å²) in [6.07, 6.45) is 0. The van der Waals surface area contributed by atoms with Gasteiger partial charge < -0.3 is 11.1 Å². The number of hydrogen-bond acceptors (Lipinski definition) is 5. The third kappa shape index (κ3) is 3.03. The van der Waals surface area contributed by atoms with Crippen LogP contribution in [0.4, 0.5) is 15.1 Å². The Kier molecular flexibility index (Phi) is 3.94. The van der Waals surface area contributed by atoms with E-state index in [0.717, 1.165) is 29.5 Å². The lowest BCUT2D eigenvalue weighted by Crippen LogP contribution is -2.16. The molecule has 0 aliphatic heterocycles. The van der Waals surface area contributed by atoms with E-state index in [0.29, 0.717) is 0 Å². The molecule has 0 unspecified atom stereocenters. The van der Waals surface area contributed by atoms with Crippen LogP contribution in [-0.2, 0) is 0 Å². The van der Waals surface area contributed by atoms with Crippen molar-refractivity contribution in [3.8, 4) is 0 Å². The van der Waals surface area contributed by atoms with Crippen LogP contribution in [0, 0.1) is 15.9 Å². The maximum atomic E-state index is 13.5. The molecular formula is C12H8FN3O4S. The van der Waals surface area contributed by atoms with E-state index < -0.39 is 28.2 Å². The molecule has 9 heteroatoms. The number of nitro benzene ring substituents is 1. The van der Waals surface area contributed by atoms with Gasteiger partial charge >= 0.3 is 5.69 Å². The standard InChI is InChI=1S/C12H8FN3O4S/c13-8-5-6(1-2-9(8)16(19)20)11(18)15-12-7(10(14)17)3-4-21-12/h1-5H,(H2,14,17)(H,15,18). The number of rotatable bonds is 4. The number of nitrogens with zero attached hydrogens (tertiary/aromatic N) is 1. The Morgan fingerprint density at radius 2 is 2.05 bits per heavy atom. The molecule has 0 fully saturated rings. The Balaban J connectivity index is 2.25. The zero-order valence-corrected chi connectivity index (χ0v) is 11.1. The van der Waals surface area contributed by atoms with E-state index in [1.54, 1.807) is 5.38 Å². The number of carbonyl (C=O) groups excluding carboxylic acids is 2. The lowest BCUT2D eigenvalue weighted by Gasteiger charge is -2.05. The topological polar surface area (TPSA) is 115 Å². The van der Waals surface area contributed by atoms with Crippen LogP contribution in [0.2, 0.25) is 0 Å². The number of nitrogens with one attached hydrogen (secondary N) is 1. The molecule has 0 aliphatic rings. The van der Waals surface area contributed by atoms with Crippen LogP contribution in [0.25, 0.3) is 0 Å². The van der Waals surface area contributed by atoms with Crippen molar-refractivity contribution in [2.75, 3.05) is 5.32 Å². The van der Waals surface area contributed by atoms with Gasteiger partial charge in [-0.05, 0) is 23.6 Å². The van der Waals surface area contributed by atoms with Gasteiger partial charge in [-0.1, -0.05) is 0 Å². The van der Waals surface area contributed by atoms with Crippen LogP contribution >= 0.6 is 11.3 Å². The molecule has 108 valence electrons. The first kappa shape index (κ1) is 14.6. The first-order valence-corrected chi connectivity index (χ1v) is 6.40. The minimum Gasteiger partial charge on any atom is -0.366 e. The molecule has 2 aromatic rings. The monoisotopic (exact) mass is 309 g/mol. The third-order valence-electron chi connectivity index (χ3n) is 2.56. The largest absolute Gasteiger partial charge is 0.366 e.